The number of carboxylic acids is 1. The quantitative estimate of drug-likeness (QED) is 0.705. The van der Waals surface area contributed by atoms with Crippen molar-refractivity contribution in [2.45, 2.75) is 38.6 Å². The fourth-order valence-electron chi connectivity index (χ4n) is 1.66. The molecule has 1 amide bonds. The minimum Gasteiger partial charge on any atom is -0.480 e. The van der Waals surface area contributed by atoms with Gasteiger partial charge < -0.3 is 9.84 Å². The van der Waals surface area contributed by atoms with Gasteiger partial charge in [-0.1, -0.05) is 19.8 Å². The molecular weight excluding hydrogens is 198 g/mol. The van der Waals surface area contributed by atoms with Crippen LogP contribution >= 0.6 is 0 Å². The zero-order chi connectivity index (χ0) is 11.3. The summed E-state index contributed by atoms with van der Waals surface area (Å²) in [5, 5.41) is 8.93. The molecule has 1 heterocycles. The summed E-state index contributed by atoms with van der Waals surface area (Å²) in [6.07, 6.45) is 2.75. The highest BCUT2D eigenvalue weighted by atomic mass is 16.6. The fraction of sp³-hybridized carbons (Fsp3) is 0.800. The van der Waals surface area contributed by atoms with E-state index in [0.717, 1.165) is 19.3 Å². The predicted molar refractivity (Wildman–Crippen MR) is 53.6 cm³/mol. The Morgan fingerprint density at radius 2 is 2.33 bits per heavy atom. The molecule has 1 fully saturated rings. The SMILES string of the molecule is CCCCCN1C(=O)OCCC1C(=O)O. The van der Waals surface area contributed by atoms with Crippen LogP contribution in [-0.2, 0) is 9.53 Å². The summed E-state index contributed by atoms with van der Waals surface area (Å²) in [6.45, 7) is 2.74. The number of rotatable bonds is 5. The molecule has 1 unspecified atom stereocenters. The van der Waals surface area contributed by atoms with E-state index in [4.69, 9.17) is 9.84 Å². The van der Waals surface area contributed by atoms with Crippen LogP contribution in [0.15, 0.2) is 0 Å². The number of carbonyl (C=O) groups is 2. The maximum atomic E-state index is 11.3. The van der Waals surface area contributed by atoms with E-state index >= 15 is 0 Å². The monoisotopic (exact) mass is 215 g/mol. The van der Waals surface area contributed by atoms with Gasteiger partial charge in [0, 0.05) is 13.0 Å². The van der Waals surface area contributed by atoms with E-state index in [0.29, 0.717) is 13.0 Å². The average Bonchev–Trinajstić information content (AvgIpc) is 2.20. The van der Waals surface area contributed by atoms with Crippen molar-refractivity contribution in [2.75, 3.05) is 13.2 Å². The molecule has 5 heteroatoms. The molecule has 0 radical (unpaired) electrons. The van der Waals surface area contributed by atoms with Crippen LogP contribution in [0.3, 0.4) is 0 Å². The fourth-order valence-corrected chi connectivity index (χ4v) is 1.66. The molecule has 5 nitrogen and oxygen atoms in total. The summed E-state index contributed by atoms with van der Waals surface area (Å²) in [7, 11) is 0. The van der Waals surface area contributed by atoms with E-state index < -0.39 is 18.1 Å². The van der Waals surface area contributed by atoms with Crippen LogP contribution in [-0.4, -0.2) is 41.3 Å². The number of carboxylic acid groups (broad SMARTS) is 1. The van der Waals surface area contributed by atoms with Gasteiger partial charge >= 0.3 is 12.1 Å². The van der Waals surface area contributed by atoms with Gasteiger partial charge in [0.1, 0.15) is 6.04 Å². The molecule has 1 atom stereocenters. The largest absolute Gasteiger partial charge is 0.480 e. The van der Waals surface area contributed by atoms with E-state index in [9.17, 15) is 9.59 Å². The Bertz CT molecular complexity index is 242. The second kappa shape index (κ2) is 5.58. The molecule has 0 aromatic heterocycles. The van der Waals surface area contributed by atoms with Crippen molar-refractivity contribution in [3.05, 3.63) is 0 Å². The predicted octanol–water partition coefficient (Wildman–Crippen LogP) is 1.47. The summed E-state index contributed by atoms with van der Waals surface area (Å²) < 4.78 is 4.83. The third kappa shape index (κ3) is 3.11. The highest BCUT2D eigenvalue weighted by Gasteiger charge is 2.33. The molecule has 0 aromatic rings. The number of hydrogen-bond acceptors (Lipinski definition) is 3. The van der Waals surface area contributed by atoms with Crippen molar-refractivity contribution >= 4 is 12.1 Å². The standard InChI is InChI=1S/C10H17NO4/c1-2-3-4-6-11-8(9(12)13)5-7-15-10(11)14/h8H,2-7H2,1H3,(H,12,13). The van der Waals surface area contributed by atoms with Gasteiger partial charge in [-0.05, 0) is 6.42 Å². The van der Waals surface area contributed by atoms with Crippen molar-refractivity contribution in [3.63, 3.8) is 0 Å². The maximum absolute atomic E-state index is 11.3. The van der Waals surface area contributed by atoms with E-state index in [-0.39, 0.29) is 6.61 Å². The van der Waals surface area contributed by atoms with Crippen molar-refractivity contribution < 1.29 is 19.4 Å². The first-order chi connectivity index (χ1) is 7.16. The van der Waals surface area contributed by atoms with Gasteiger partial charge in [0.15, 0.2) is 0 Å². The minimum atomic E-state index is -0.942. The molecule has 1 aliphatic heterocycles. The van der Waals surface area contributed by atoms with E-state index in [1.165, 1.54) is 4.90 Å². The van der Waals surface area contributed by atoms with Crippen LogP contribution in [0.4, 0.5) is 4.79 Å². The molecule has 0 aromatic carbocycles. The molecule has 0 spiro atoms. The minimum absolute atomic E-state index is 0.208. The van der Waals surface area contributed by atoms with Crippen LogP contribution in [0.25, 0.3) is 0 Å². The first-order valence-electron chi connectivity index (χ1n) is 5.33. The molecule has 1 aliphatic rings. The van der Waals surface area contributed by atoms with Crippen LogP contribution in [0, 0.1) is 0 Å². The second-order valence-corrected chi connectivity index (χ2v) is 3.66. The van der Waals surface area contributed by atoms with Gasteiger partial charge in [-0.2, -0.15) is 0 Å². The van der Waals surface area contributed by atoms with E-state index in [1.54, 1.807) is 0 Å². The molecule has 1 rings (SSSR count). The highest BCUT2D eigenvalue weighted by molar-refractivity contribution is 5.80. The molecule has 1 saturated heterocycles. The van der Waals surface area contributed by atoms with Gasteiger partial charge in [-0.3, -0.25) is 4.90 Å². The highest BCUT2D eigenvalue weighted by Crippen LogP contribution is 2.15. The molecule has 0 saturated carbocycles. The zero-order valence-electron chi connectivity index (χ0n) is 8.94. The Morgan fingerprint density at radius 3 is 2.93 bits per heavy atom. The lowest BCUT2D eigenvalue weighted by atomic mass is 10.1. The Morgan fingerprint density at radius 1 is 1.60 bits per heavy atom. The van der Waals surface area contributed by atoms with Gasteiger partial charge in [0.25, 0.3) is 0 Å². The smallest absolute Gasteiger partial charge is 0.410 e. The van der Waals surface area contributed by atoms with Crippen LogP contribution in [0.1, 0.15) is 32.6 Å². The number of amides is 1. The lowest BCUT2D eigenvalue weighted by Crippen LogP contribution is -2.50. The second-order valence-electron chi connectivity index (χ2n) is 3.66. The molecule has 0 aliphatic carbocycles. The van der Waals surface area contributed by atoms with Crippen LogP contribution < -0.4 is 0 Å². The first kappa shape index (κ1) is 11.8. The summed E-state index contributed by atoms with van der Waals surface area (Å²) in [5.74, 6) is -0.942. The lowest BCUT2D eigenvalue weighted by molar-refractivity contribution is -0.144. The summed E-state index contributed by atoms with van der Waals surface area (Å²) >= 11 is 0. The average molecular weight is 215 g/mol. The summed E-state index contributed by atoms with van der Waals surface area (Å²) in [5.41, 5.74) is 0. The first-order valence-corrected chi connectivity index (χ1v) is 5.33. The lowest BCUT2D eigenvalue weighted by Gasteiger charge is -2.32. The Hall–Kier alpha value is -1.26. The molecule has 86 valence electrons. The Labute approximate surface area is 89.0 Å². The maximum Gasteiger partial charge on any atom is 0.410 e. The number of ether oxygens (including phenoxy) is 1. The molecular formula is C10H17NO4. The third-order valence-electron chi connectivity index (χ3n) is 2.52. The van der Waals surface area contributed by atoms with Crippen LogP contribution in [0.2, 0.25) is 0 Å². The Balaban J connectivity index is 2.52. The number of aliphatic carboxylic acids is 1. The zero-order valence-corrected chi connectivity index (χ0v) is 8.94. The van der Waals surface area contributed by atoms with Crippen molar-refractivity contribution in [1.82, 2.24) is 4.90 Å². The van der Waals surface area contributed by atoms with E-state index in [1.807, 2.05) is 0 Å². The number of hydrogen-bond donors (Lipinski definition) is 1. The molecule has 15 heavy (non-hydrogen) atoms. The normalized spacial score (nSPS) is 21.3. The topological polar surface area (TPSA) is 66.8 Å². The van der Waals surface area contributed by atoms with E-state index in [2.05, 4.69) is 6.92 Å². The van der Waals surface area contributed by atoms with Gasteiger partial charge in [0.2, 0.25) is 0 Å². The Kier molecular flexibility index (Phi) is 4.39. The van der Waals surface area contributed by atoms with Gasteiger partial charge in [-0.15, -0.1) is 0 Å². The number of unbranched alkanes of at least 4 members (excludes halogenated alkanes) is 2. The molecule has 0 bridgehead atoms. The van der Waals surface area contributed by atoms with Crippen molar-refractivity contribution in [1.29, 1.82) is 0 Å². The molecule has 1 N–H and O–H groups in total. The third-order valence-corrected chi connectivity index (χ3v) is 2.52. The van der Waals surface area contributed by atoms with Gasteiger partial charge in [0.05, 0.1) is 6.61 Å². The van der Waals surface area contributed by atoms with Gasteiger partial charge in [-0.25, -0.2) is 9.59 Å². The van der Waals surface area contributed by atoms with Crippen LogP contribution in [0.5, 0.6) is 0 Å². The number of nitrogens with zero attached hydrogens (tertiary/aromatic N) is 1. The summed E-state index contributed by atoms with van der Waals surface area (Å²) in [4.78, 5) is 23.6. The number of cyclic esters (lactones) is 1. The van der Waals surface area contributed by atoms with Crippen molar-refractivity contribution in [2.24, 2.45) is 0 Å². The summed E-state index contributed by atoms with van der Waals surface area (Å²) in [6, 6.07) is -0.705. The number of carbonyl (C=O) groups excluding carboxylic acids is 1. The van der Waals surface area contributed by atoms with Crippen molar-refractivity contribution in [3.8, 4) is 0 Å².